The lowest BCUT2D eigenvalue weighted by Gasteiger charge is -2.29. The van der Waals surface area contributed by atoms with Gasteiger partial charge in [0.2, 0.25) is 0 Å². The van der Waals surface area contributed by atoms with E-state index in [1.165, 1.54) is 36.5 Å². The van der Waals surface area contributed by atoms with Gasteiger partial charge >= 0.3 is 30.2 Å². The molecule has 0 spiro atoms. The third-order valence-corrected chi connectivity index (χ3v) is 22.6. The Bertz CT molecular complexity index is 5120. The van der Waals surface area contributed by atoms with Gasteiger partial charge in [0.1, 0.15) is 11.6 Å². The second-order valence-electron chi connectivity index (χ2n) is 34.7. The van der Waals surface area contributed by atoms with Crippen LogP contribution >= 0.6 is 71.0 Å². The predicted molar refractivity (Wildman–Crippen MR) is 465 cm³/mol. The summed E-state index contributed by atoms with van der Waals surface area (Å²) in [7, 11) is 0. The van der Waals surface area contributed by atoms with Gasteiger partial charge in [-0.25, -0.2) is 46.5 Å². The monoisotopic (exact) mass is 1870 g/mol. The molecular formula is C84H100Br3Cl2F4N21O5. The number of aromatic nitrogens is 11. The topological polar surface area (TPSA) is 318 Å². The highest BCUT2D eigenvalue weighted by molar-refractivity contribution is 9.11. The first-order valence-corrected chi connectivity index (χ1v) is 42.1. The van der Waals surface area contributed by atoms with Gasteiger partial charge in [0, 0.05) is 176 Å². The number of hydrogen-bond donors (Lipinski definition) is 10. The standard InChI is InChI=1S/2C17H20BrFN4O.C17H21BrN4O.C17H20ClFN4O.C16H19ClFN5O/c1-17(2,3)15-11-9-23(7-6-14(11)21-22-15)16(24)20-10-4-5-13(19)12(18)8-10;1-17(2,3)15-10-9-23(8-7-12(10)21-22-15)16(24)20-13-6-4-5-11(18)14(13)19;1-17(2,3)15-13-10-22(8-7-14(13)20-21-15)16(23)19-12-6-4-5-11(18)9-12;1-17(2,3)15-11-9-23(7-6-14(11)21-22-15)16(24)20-10-4-5-13(19)12(18)8-10;1-16(2,3)13-9-8-23(7-5-10(9)21-22-13)15(24)20-11-4-6-19-14(17)12(11)18/h4-5,8H,6-7,9H2,1-3H3,(H,20,24)(H,21,22);4-6H,7-9H2,1-3H3,(H,20,24)(H,21,22);4-6,9H,7-8,10H2,1-3H3,(H,19,23)(H,20,21);4-5,8H,6-7,9H2,1-3H3,(H,20,24)(H,21,22);4,6H,5,7-8H2,1-3H3,(H,21,22)(H,19,20,24). The second-order valence-corrected chi connectivity index (χ2v) is 38.1. The van der Waals surface area contributed by atoms with E-state index in [1.807, 2.05) is 29.2 Å². The number of nitrogens with one attached hydrogen (secondary N) is 10. The lowest BCUT2D eigenvalue weighted by Crippen LogP contribution is -2.39. The smallest absolute Gasteiger partial charge is 0.320 e. The maximum atomic E-state index is 14.0. The molecule has 0 radical (unpaired) electrons. The van der Waals surface area contributed by atoms with Crippen LogP contribution in [-0.4, -0.2) is 143 Å². The molecule has 119 heavy (non-hydrogen) atoms. The van der Waals surface area contributed by atoms with Gasteiger partial charge in [-0.05, 0) is 105 Å². The highest BCUT2D eigenvalue weighted by Crippen LogP contribution is 2.37. The SMILES string of the molecule is CC(C)(C)c1n[nH]c2c1CN(C(=O)Nc1ccc(F)c(Br)c1)CC2.CC(C)(C)c1n[nH]c2c1CN(C(=O)Nc1ccc(F)c(Cl)c1)CC2.CC(C)(C)c1n[nH]c2c1CN(C(=O)Nc1cccc(Br)c1)CC2.CC(C)(C)c1n[nH]c2c1CN(C(=O)Nc1cccc(Br)c1F)CC2.CC(C)(C)c1n[nH]c2c1CN(C(=O)Nc1ccnc(Cl)c1F)CC2. The average Bonchev–Trinajstić information content (AvgIpc) is 1.71. The number of aromatic amines is 5. The third-order valence-electron chi connectivity index (χ3n) is 20.4. The fourth-order valence-corrected chi connectivity index (χ4v) is 15.8. The number of hydrogen-bond acceptors (Lipinski definition) is 11. The summed E-state index contributed by atoms with van der Waals surface area (Å²) >= 11 is 21.1. The van der Waals surface area contributed by atoms with E-state index >= 15 is 0 Å². The summed E-state index contributed by atoms with van der Waals surface area (Å²) < 4.78 is 56.0. The van der Waals surface area contributed by atoms with E-state index in [1.54, 1.807) is 49.9 Å². The van der Waals surface area contributed by atoms with E-state index in [2.05, 4.69) is 234 Å². The molecule has 0 saturated carbocycles. The van der Waals surface area contributed by atoms with Crippen LogP contribution < -0.4 is 26.6 Å². The lowest BCUT2D eigenvalue weighted by atomic mass is 9.87. The molecule has 35 heteroatoms. The molecule has 0 atom stereocenters. The second kappa shape index (κ2) is 37.0. The zero-order chi connectivity index (χ0) is 86.5. The van der Waals surface area contributed by atoms with Crippen LogP contribution in [0.25, 0.3) is 0 Å². The van der Waals surface area contributed by atoms with Crippen molar-refractivity contribution in [1.82, 2.24) is 80.5 Å². The number of urea groups is 5. The molecule has 11 heterocycles. The lowest BCUT2D eigenvalue weighted by molar-refractivity contribution is 0.205. The molecule has 634 valence electrons. The fourth-order valence-electron chi connectivity index (χ4n) is 14.3. The van der Waals surface area contributed by atoms with Crippen LogP contribution in [0, 0.1) is 23.3 Å². The number of H-pyrrole nitrogens is 5. The van der Waals surface area contributed by atoms with E-state index in [0.29, 0.717) is 98.6 Å². The van der Waals surface area contributed by atoms with Crippen LogP contribution in [0.1, 0.15) is 189 Å². The predicted octanol–water partition coefficient (Wildman–Crippen LogP) is 20.0. The summed E-state index contributed by atoms with van der Waals surface area (Å²) in [5, 5.41) is 51.1. The number of fused-ring (bicyclic) bond motifs is 5. The van der Waals surface area contributed by atoms with E-state index in [-0.39, 0.29) is 84.6 Å². The summed E-state index contributed by atoms with van der Waals surface area (Å²) in [5.41, 5.74) is 17.5. The Balaban J connectivity index is 0.000000146. The van der Waals surface area contributed by atoms with Crippen molar-refractivity contribution in [2.45, 2.75) is 196 Å². The number of amides is 10. The van der Waals surface area contributed by atoms with Crippen LogP contribution in [-0.2, 0) is 91.9 Å². The van der Waals surface area contributed by atoms with E-state index in [9.17, 15) is 41.5 Å². The molecule has 4 aromatic carbocycles. The van der Waals surface area contributed by atoms with Crippen molar-refractivity contribution < 1.29 is 41.5 Å². The van der Waals surface area contributed by atoms with Crippen molar-refractivity contribution in [2.24, 2.45) is 0 Å². The first-order valence-electron chi connectivity index (χ1n) is 38.9. The summed E-state index contributed by atoms with van der Waals surface area (Å²) in [4.78, 5) is 74.9. The Labute approximate surface area is 724 Å². The number of carbonyl (C=O) groups excluding carboxylic acids is 5. The average molecular weight is 1870 g/mol. The zero-order valence-electron chi connectivity index (χ0n) is 69.1. The number of halogens is 9. The molecule has 0 saturated heterocycles. The van der Waals surface area contributed by atoms with Crippen LogP contribution in [0.3, 0.4) is 0 Å². The summed E-state index contributed by atoms with van der Waals surface area (Å²) in [6.45, 7) is 37.1. The van der Waals surface area contributed by atoms with E-state index in [0.717, 1.165) is 114 Å². The first kappa shape index (κ1) is 89.9. The molecule has 26 nitrogen and oxygen atoms in total. The van der Waals surface area contributed by atoms with Crippen molar-refractivity contribution in [3.63, 3.8) is 0 Å². The maximum Gasteiger partial charge on any atom is 0.322 e. The van der Waals surface area contributed by atoms with Gasteiger partial charge in [0.25, 0.3) is 0 Å². The van der Waals surface area contributed by atoms with Gasteiger partial charge in [0.05, 0.1) is 86.5 Å². The van der Waals surface area contributed by atoms with Gasteiger partial charge in [-0.15, -0.1) is 0 Å². The summed E-state index contributed by atoms with van der Waals surface area (Å²) in [5.74, 6) is -2.07. The van der Waals surface area contributed by atoms with Crippen LogP contribution in [0.15, 0.2) is 105 Å². The number of rotatable bonds is 5. The Morgan fingerprint density at radius 1 is 0.370 bits per heavy atom. The number of pyridine rings is 1. The Hall–Kier alpha value is -9.83. The van der Waals surface area contributed by atoms with E-state index in [4.69, 9.17) is 23.2 Å². The van der Waals surface area contributed by atoms with Crippen LogP contribution in [0.2, 0.25) is 10.2 Å². The molecule has 6 aromatic heterocycles. The van der Waals surface area contributed by atoms with Crippen molar-refractivity contribution in [3.8, 4) is 0 Å². The van der Waals surface area contributed by atoms with Crippen LogP contribution in [0.4, 0.5) is 70.0 Å². The molecule has 0 aliphatic carbocycles. The minimum atomic E-state index is -0.732. The van der Waals surface area contributed by atoms with Crippen LogP contribution in [0.5, 0.6) is 0 Å². The number of carbonyl (C=O) groups is 5. The normalized spacial score (nSPS) is 14.5. The molecule has 15 rings (SSSR count). The fraction of sp³-hybridized carbons (Fsp3) is 0.417. The molecule has 10 amide bonds. The van der Waals surface area contributed by atoms with Crippen molar-refractivity contribution in [2.75, 3.05) is 59.3 Å². The summed E-state index contributed by atoms with van der Waals surface area (Å²) in [6.07, 6.45) is 5.04. The Morgan fingerprint density at radius 3 is 1.01 bits per heavy atom. The quantitative estimate of drug-likeness (QED) is 0.0570. The minimum Gasteiger partial charge on any atom is -0.320 e. The van der Waals surface area contributed by atoms with Crippen molar-refractivity contribution >= 4 is 130 Å². The highest BCUT2D eigenvalue weighted by Gasteiger charge is 2.36. The molecule has 5 aliphatic rings. The molecule has 0 fully saturated rings. The Morgan fingerprint density at radius 2 is 0.681 bits per heavy atom. The van der Waals surface area contributed by atoms with Gasteiger partial charge in [-0.2, -0.15) is 25.5 Å². The van der Waals surface area contributed by atoms with Gasteiger partial charge in [-0.3, -0.25) is 25.5 Å². The molecule has 10 aromatic rings. The largest absolute Gasteiger partial charge is 0.322 e. The molecular weight excluding hydrogens is 1770 g/mol. The number of benzene rings is 4. The van der Waals surface area contributed by atoms with Gasteiger partial charge in [-0.1, -0.05) is 155 Å². The first-order chi connectivity index (χ1) is 55.9. The van der Waals surface area contributed by atoms with Gasteiger partial charge < -0.3 is 51.1 Å². The minimum absolute atomic E-state index is 0.0152. The molecule has 0 unspecified atom stereocenters. The number of nitrogens with zero attached hydrogens (tertiary/aromatic N) is 11. The zero-order valence-corrected chi connectivity index (χ0v) is 75.4. The highest BCUT2D eigenvalue weighted by atomic mass is 79.9. The molecule has 0 bridgehead atoms. The molecule has 10 N–H and O–H groups in total. The summed E-state index contributed by atoms with van der Waals surface area (Å²) in [6, 6.07) is 21.2. The van der Waals surface area contributed by atoms with Gasteiger partial charge in [0.15, 0.2) is 16.8 Å². The number of anilines is 5. The third kappa shape index (κ3) is 22.2. The Kier molecular flexibility index (Phi) is 28.0. The van der Waals surface area contributed by atoms with Crippen molar-refractivity contribution in [3.05, 3.63) is 223 Å². The van der Waals surface area contributed by atoms with Crippen molar-refractivity contribution in [1.29, 1.82) is 0 Å². The van der Waals surface area contributed by atoms with E-state index < -0.39 is 17.5 Å². The molecule has 5 aliphatic heterocycles. The maximum absolute atomic E-state index is 14.0.